The van der Waals surface area contributed by atoms with Crippen LogP contribution in [-0.2, 0) is 6.54 Å². The molecular weight excluding hydrogens is 405 g/mol. The summed E-state index contributed by atoms with van der Waals surface area (Å²) in [6.07, 6.45) is 8.14. The van der Waals surface area contributed by atoms with Crippen molar-refractivity contribution in [2.75, 3.05) is 5.32 Å². The number of aryl methyl sites for hydroxylation is 1. The number of hydrogen-bond acceptors (Lipinski definition) is 7. The molecule has 7 nitrogen and oxygen atoms in total. The lowest BCUT2D eigenvalue weighted by molar-refractivity contribution is 0.620. The molecule has 0 saturated carbocycles. The minimum absolute atomic E-state index is 0.108. The highest BCUT2D eigenvalue weighted by Gasteiger charge is 2.15. The lowest BCUT2D eigenvalue weighted by Gasteiger charge is -2.10. The normalized spacial score (nSPS) is 10.9. The number of rotatable bonds is 5. The predicted molar refractivity (Wildman–Crippen MR) is 120 cm³/mol. The van der Waals surface area contributed by atoms with Gasteiger partial charge in [0.25, 0.3) is 0 Å². The van der Waals surface area contributed by atoms with Crippen LogP contribution in [0.25, 0.3) is 33.5 Å². The fourth-order valence-electron chi connectivity index (χ4n) is 3.37. The standard InChI is InChI=1S/C24H18FN7/c1-15-9-18(6-8-26-15)19-5-4-16(11-28-19)12-30-24-22(25)23(31-14-32-24)20-10-17-3-2-7-27-21(17)13-29-20/h2-11,13-14H,12H2,1H3,(H,30,31,32). The van der Waals surface area contributed by atoms with E-state index in [1.807, 2.05) is 43.3 Å². The van der Waals surface area contributed by atoms with Gasteiger partial charge in [-0.05, 0) is 42.8 Å². The van der Waals surface area contributed by atoms with Crippen LogP contribution >= 0.6 is 0 Å². The molecule has 5 rings (SSSR count). The molecular formula is C24H18FN7. The van der Waals surface area contributed by atoms with Crippen molar-refractivity contribution in [1.82, 2.24) is 29.9 Å². The Hall–Kier alpha value is -4.33. The Balaban J connectivity index is 1.35. The summed E-state index contributed by atoms with van der Waals surface area (Å²) in [5.41, 5.74) is 4.98. The highest BCUT2D eigenvalue weighted by atomic mass is 19.1. The summed E-state index contributed by atoms with van der Waals surface area (Å²) in [5.74, 6) is -0.447. The summed E-state index contributed by atoms with van der Waals surface area (Å²) < 4.78 is 15.1. The Kier molecular flexibility index (Phi) is 5.17. The molecule has 156 valence electrons. The summed E-state index contributed by atoms with van der Waals surface area (Å²) in [4.78, 5) is 25.4. The highest BCUT2D eigenvalue weighted by Crippen LogP contribution is 2.25. The monoisotopic (exact) mass is 423 g/mol. The van der Waals surface area contributed by atoms with Crippen LogP contribution in [-0.4, -0.2) is 29.9 Å². The summed E-state index contributed by atoms with van der Waals surface area (Å²) in [6, 6.07) is 13.3. The molecule has 0 fully saturated rings. The predicted octanol–water partition coefficient (Wildman–Crippen LogP) is 4.60. The molecule has 32 heavy (non-hydrogen) atoms. The van der Waals surface area contributed by atoms with Crippen molar-refractivity contribution in [3.8, 4) is 22.6 Å². The molecule has 0 aliphatic rings. The van der Waals surface area contributed by atoms with Crippen LogP contribution in [0, 0.1) is 12.7 Å². The molecule has 0 atom stereocenters. The van der Waals surface area contributed by atoms with Gasteiger partial charge in [-0.25, -0.2) is 14.4 Å². The third-order valence-corrected chi connectivity index (χ3v) is 5.00. The Labute approximate surface area is 183 Å². The van der Waals surface area contributed by atoms with Crippen LogP contribution in [0.3, 0.4) is 0 Å². The summed E-state index contributed by atoms with van der Waals surface area (Å²) >= 11 is 0. The van der Waals surface area contributed by atoms with Gasteiger partial charge < -0.3 is 5.32 Å². The van der Waals surface area contributed by atoms with Crippen LogP contribution in [0.2, 0.25) is 0 Å². The van der Waals surface area contributed by atoms with Gasteiger partial charge in [0.2, 0.25) is 0 Å². The van der Waals surface area contributed by atoms with Crippen molar-refractivity contribution >= 4 is 16.7 Å². The maximum atomic E-state index is 15.1. The first-order chi connectivity index (χ1) is 15.7. The van der Waals surface area contributed by atoms with Crippen LogP contribution in [0.4, 0.5) is 10.2 Å². The number of fused-ring (bicyclic) bond motifs is 1. The Bertz CT molecular complexity index is 1400. The third-order valence-electron chi connectivity index (χ3n) is 5.00. The molecule has 0 saturated heterocycles. The van der Waals surface area contributed by atoms with Crippen LogP contribution in [0.1, 0.15) is 11.3 Å². The molecule has 0 unspecified atom stereocenters. The van der Waals surface area contributed by atoms with Crippen molar-refractivity contribution in [2.45, 2.75) is 13.5 Å². The molecule has 0 aliphatic carbocycles. The molecule has 5 heterocycles. The molecule has 0 spiro atoms. The first-order valence-corrected chi connectivity index (χ1v) is 10.0. The van der Waals surface area contributed by atoms with E-state index in [0.717, 1.165) is 33.4 Å². The maximum Gasteiger partial charge on any atom is 0.193 e. The van der Waals surface area contributed by atoms with Crippen molar-refractivity contribution < 1.29 is 4.39 Å². The number of pyridine rings is 4. The fraction of sp³-hybridized carbons (Fsp3) is 0.0833. The quantitative estimate of drug-likeness (QED) is 0.442. The second-order valence-corrected chi connectivity index (χ2v) is 7.24. The van der Waals surface area contributed by atoms with Gasteiger partial charge in [0.15, 0.2) is 11.6 Å². The number of nitrogens with zero attached hydrogens (tertiary/aromatic N) is 6. The van der Waals surface area contributed by atoms with Gasteiger partial charge in [-0.1, -0.05) is 12.1 Å². The van der Waals surface area contributed by atoms with E-state index in [1.165, 1.54) is 6.33 Å². The van der Waals surface area contributed by atoms with Gasteiger partial charge in [-0.3, -0.25) is 19.9 Å². The molecule has 8 heteroatoms. The summed E-state index contributed by atoms with van der Waals surface area (Å²) in [7, 11) is 0. The summed E-state index contributed by atoms with van der Waals surface area (Å²) in [6.45, 7) is 2.31. The average Bonchev–Trinajstić information content (AvgIpc) is 2.83. The largest absolute Gasteiger partial charge is 0.363 e. The second kappa shape index (κ2) is 8.43. The SMILES string of the molecule is Cc1cc(-c2ccc(CNc3ncnc(-c4cc5cccnc5cn4)c3F)cn2)ccn1. The molecule has 0 aromatic carbocycles. The van der Waals surface area contributed by atoms with Crippen molar-refractivity contribution in [1.29, 1.82) is 0 Å². The van der Waals surface area contributed by atoms with E-state index in [-0.39, 0.29) is 11.5 Å². The van der Waals surface area contributed by atoms with Gasteiger partial charge in [-0.15, -0.1) is 0 Å². The van der Waals surface area contributed by atoms with Crippen molar-refractivity contribution in [2.24, 2.45) is 0 Å². The highest BCUT2D eigenvalue weighted by molar-refractivity contribution is 5.81. The average molecular weight is 423 g/mol. The van der Waals surface area contributed by atoms with E-state index >= 15 is 4.39 Å². The smallest absolute Gasteiger partial charge is 0.193 e. The first kappa shape index (κ1) is 19.6. The molecule has 0 radical (unpaired) electrons. The van der Waals surface area contributed by atoms with Crippen LogP contribution in [0.5, 0.6) is 0 Å². The number of nitrogens with one attached hydrogen (secondary N) is 1. The van der Waals surface area contributed by atoms with Gasteiger partial charge >= 0.3 is 0 Å². The zero-order valence-electron chi connectivity index (χ0n) is 17.2. The number of hydrogen-bond donors (Lipinski definition) is 1. The van der Waals surface area contributed by atoms with Gasteiger partial charge in [0.05, 0.1) is 23.1 Å². The maximum absolute atomic E-state index is 15.1. The molecule has 5 aromatic heterocycles. The van der Waals surface area contributed by atoms with Crippen molar-refractivity contribution in [3.63, 3.8) is 0 Å². The van der Waals surface area contributed by atoms with Crippen LogP contribution in [0.15, 0.2) is 73.6 Å². The first-order valence-electron chi connectivity index (χ1n) is 10.0. The van der Waals surface area contributed by atoms with E-state index in [1.54, 1.807) is 30.9 Å². The van der Waals surface area contributed by atoms with Crippen LogP contribution < -0.4 is 5.32 Å². The third kappa shape index (κ3) is 3.98. The van der Waals surface area contributed by atoms with Gasteiger partial charge in [0.1, 0.15) is 12.0 Å². The lowest BCUT2D eigenvalue weighted by atomic mass is 10.1. The lowest BCUT2D eigenvalue weighted by Crippen LogP contribution is -2.06. The van der Waals surface area contributed by atoms with E-state index in [9.17, 15) is 0 Å². The fourth-order valence-corrected chi connectivity index (χ4v) is 3.37. The Morgan fingerprint density at radius 3 is 2.59 bits per heavy atom. The van der Waals surface area contributed by atoms with Crippen molar-refractivity contribution in [3.05, 3.63) is 90.7 Å². The second-order valence-electron chi connectivity index (χ2n) is 7.24. The van der Waals surface area contributed by atoms with E-state index in [2.05, 4.69) is 35.2 Å². The van der Waals surface area contributed by atoms with Gasteiger partial charge in [-0.2, -0.15) is 0 Å². The Morgan fingerprint density at radius 1 is 0.844 bits per heavy atom. The zero-order valence-corrected chi connectivity index (χ0v) is 17.2. The molecule has 1 N–H and O–H groups in total. The Morgan fingerprint density at radius 2 is 1.75 bits per heavy atom. The van der Waals surface area contributed by atoms with E-state index in [0.29, 0.717) is 12.2 Å². The number of aromatic nitrogens is 6. The molecule has 5 aromatic rings. The molecule has 0 bridgehead atoms. The topological polar surface area (TPSA) is 89.4 Å². The number of anilines is 1. The zero-order chi connectivity index (χ0) is 21.9. The van der Waals surface area contributed by atoms with Gasteiger partial charge in [0, 0.05) is 41.8 Å². The molecule has 0 aliphatic heterocycles. The molecule has 0 amide bonds. The minimum Gasteiger partial charge on any atom is -0.363 e. The van der Waals surface area contributed by atoms with E-state index < -0.39 is 5.82 Å². The minimum atomic E-state index is -0.555. The summed E-state index contributed by atoms with van der Waals surface area (Å²) in [5, 5.41) is 3.89. The van der Waals surface area contributed by atoms with E-state index in [4.69, 9.17) is 0 Å². The number of halogens is 1.